The molecule has 4 aromatic rings. The van der Waals surface area contributed by atoms with Gasteiger partial charge in [-0.25, -0.2) is 19.6 Å². The molecule has 18 nitrogen and oxygen atoms in total. The number of amides is 2. The number of hydrogen-bond acceptors (Lipinski definition) is 12. The smallest absolute Gasteiger partial charge is 0.444 e. The van der Waals surface area contributed by atoms with Crippen molar-refractivity contribution in [1.29, 1.82) is 0 Å². The van der Waals surface area contributed by atoms with E-state index in [2.05, 4.69) is 115 Å². The van der Waals surface area contributed by atoms with Crippen LogP contribution in [0.15, 0.2) is 53.5 Å². The maximum Gasteiger partial charge on any atom is 0.490 e. The van der Waals surface area contributed by atoms with Gasteiger partial charge in [-0.3, -0.25) is 18.4 Å². The molecule has 0 saturated carbocycles. The Kier molecular flexibility index (Phi) is 16.2. The monoisotopic (exact) mass is 1160 g/mol. The molecule has 0 spiro atoms. The molecule has 0 radical (unpaired) electrons. The van der Waals surface area contributed by atoms with Crippen molar-refractivity contribution in [2.45, 2.75) is 130 Å². The van der Waals surface area contributed by atoms with Crippen molar-refractivity contribution >= 4 is 83.7 Å². The van der Waals surface area contributed by atoms with Crippen LogP contribution in [0.2, 0.25) is 0 Å². The number of ether oxygens (including phenoxy) is 4. The quantitative estimate of drug-likeness (QED) is 0.184. The minimum absolute atomic E-state index is 0.00677. The Morgan fingerprint density at radius 1 is 0.700 bits per heavy atom. The number of hydrogen-bond donors (Lipinski definition) is 2. The van der Waals surface area contributed by atoms with E-state index >= 15 is 0 Å². The van der Waals surface area contributed by atoms with Gasteiger partial charge in [-0.1, -0.05) is 26.0 Å². The Balaban J connectivity index is 0.000000163. The first kappa shape index (κ1) is 54.0. The molecule has 0 bridgehead atoms. The summed E-state index contributed by atoms with van der Waals surface area (Å²) in [5, 5.41) is 0. The van der Waals surface area contributed by atoms with Crippen LogP contribution < -0.4 is 11.1 Å². The zero-order valence-electron chi connectivity index (χ0n) is 42.2. The highest BCUT2D eigenvalue weighted by atomic mass is 79.9. The highest BCUT2D eigenvalue weighted by Crippen LogP contribution is 2.40. The van der Waals surface area contributed by atoms with Crippen LogP contribution in [0.4, 0.5) is 9.59 Å². The zero-order chi connectivity index (χ0) is 51.2. The second-order valence-electron chi connectivity index (χ2n) is 21.6. The Hall–Kier alpha value is -3.80. The predicted molar refractivity (Wildman–Crippen MR) is 277 cm³/mol. The van der Waals surface area contributed by atoms with Gasteiger partial charge in [-0.05, 0) is 153 Å². The highest BCUT2D eigenvalue weighted by molar-refractivity contribution is 9.11. The number of nitrogens with one attached hydrogen (secondary N) is 2. The molecule has 4 aromatic heterocycles. The van der Waals surface area contributed by atoms with Gasteiger partial charge in [0.25, 0.3) is 11.1 Å². The number of aromatic nitrogens is 6. The molecule has 3 saturated heterocycles. The fraction of sp³-hybridized carbons (Fsp3) is 0.625. The van der Waals surface area contributed by atoms with Crippen LogP contribution in [0.25, 0.3) is 16.6 Å². The molecule has 5 aliphatic heterocycles. The number of rotatable bonds is 4. The SMILES string of the molecule is CC1(C)OB(C2=CCOCC2)OC1(C)C.C[C@@H]1CN(C(=O)OC(C)(C)C)C[C@H]1c1cn2c(Br)nc(Br)c2c(=O)[nH]1.C[C@@H]1CN(C(=O)OC(C)(C)C)C[C@H]1c1cn2c(C3=CCOCC3)nc(Br)c2c(=O)[nH]1. The Morgan fingerprint density at radius 2 is 1.16 bits per heavy atom. The third kappa shape index (κ3) is 12.2. The van der Waals surface area contributed by atoms with Crippen LogP contribution in [-0.2, 0) is 28.3 Å². The average Bonchev–Trinajstić information content (AvgIpc) is 4.06. The van der Waals surface area contributed by atoms with Crippen molar-refractivity contribution in [2.24, 2.45) is 11.8 Å². The lowest BCUT2D eigenvalue weighted by atomic mass is 9.75. The van der Waals surface area contributed by atoms with Gasteiger partial charge < -0.3 is 48.0 Å². The minimum Gasteiger partial charge on any atom is -0.444 e. The van der Waals surface area contributed by atoms with Crippen LogP contribution in [0, 0.1) is 11.8 Å². The van der Waals surface area contributed by atoms with E-state index in [1.165, 1.54) is 5.47 Å². The summed E-state index contributed by atoms with van der Waals surface area (Å²) in [6.07, 6.45) is 8.91. The number of halogens is 3. The van der Waals surface area contributed by atoms with Crippen molar-refractivity contribution in [2.75, 3.05) is 52.6 Å². The van der Waals surface area contributed by atoms with E-state index in [-0.39, 0.29) is 65.3 Å². The number of likely N-dealkylation sites (tertiary alicyclic amines) is 2. The van der Waals surface area contributed by atoms with Crippen molar-refractivity contribution in [1.82, 2.24) is 38.5 Å². The van der Waals surface area contributed by atoms with Gasteiger partial charge in [0.15, 0.2) is 4.73 Å². The van der Waals surface area contributed by atoms with Crippen LogP contribution in [-0.4, -0.2) is 133 Å². The van der Waals surface area contributed by atoms with Crippen molar-refractivity contribution in [3.8, 4) is 0 Å². The first-order valence-electron chi connectivity index (χ1n) is 23.8. The standard InChI is InChI=1S/C21H27BrN4O4.C16H20Br2N4O3.C11H19BO3/c1-12-9-25(20(28)30-21(2,3)4)10-14(12)15-11-26-16(19(27)23-15)17(22)24-18(26)13-5-7-29-8-6-13;1-8-5-21(15(24)25-16(2,3)4)6-9(8)10-7-22-11(13(23)19-10)12(17)20-14(22)18;1-10(2)11(3,4)15-12(14-10)9-5-7-13-8-6-9/h5,11-12,14H,6-10H2,1-4H3,(H,23,27);7-9H,5-6H2,1-4H3,(H,19,23);5H,6-8H2,1-4H3/t12-,14-;8-,9-;/m11./s1. The third-order valence-electron chi connectivity index (χ3n) is 13.3. The van der Waals surface area contributed by atoms with E-state index in [1.54, 1.807) is 14.2 Å². The lowest BCUT2D eigenvalue weighted by molar-refractivity contribution is 0.00578. The molecule has 382 valence electrons. The summed E-state index contributed by atoms with van der Waals surface area (Å²) in [7, 11) is -0.182. The van der Waals surface area contributed by atoms with E-state index in [9.17, 15) is 19.2 Å². The molecule has 9 heterocycles. The number of H-pyrrole nitrogens is 2. The van der Waals surface area contributed by atoms with Crippen molar-refractivity contribution < 1.29 is 37.8 Å². The van der Waals surface area contributed by atoms with Gasteiger partial charge in [0.1, 0.15) is 37.3 Å². The molecule has 5 aliphatic rings. The normalized spacial score (nSPS) is 23.4. The molecule has 2 amide bonds. The van der Waals surface area contributed by atoms with E-state index in [0.717, 1.165) is 42.2 Å². The van der Waals surface area contributed by atoms with Gasteiger partial charge >= 0.3 is 19.3 Å². The van der Waals surface area contributed by atoms with Crippen LogP contribution >= 0.6 is 47.8 Å². The Bertz CT molecular complexity index is 2770. The third-order valence-corrected chi connectivity index (χ3v) is 15.0. The van der Waals surface area contributed by atoms with E-state index in [0.29, 0.717) is 71.0 Å². The van der Waals surface area contributed by atoms with Crippen LogP contribution in [0.5, 0.6) is 0 Å². The maximum atomic E-state index is 12.9. The molecule has 0 unspecified atom stereocenters. The first-order chi connectivity index (χ1) is 32.6. The zero-order valence-corrected chi connectivity index (χ0v) is 46.9. The van der Waals surface area contributed by atoms with Crippen molar-refractivity contribution in [3.05, 3.63) is 81.9 Å². The fourth-order valence-electron chi connectivity index (χ4n) is 8.94. The summed E-state index contributed by atoms with van der Waals surface area (Å²) in [5.74, 6) is 1.17. The fourth-order valence-corrected chi connectivity index (χ4v) is 10.7. The van der Waals surface area contributed by atoms with Crippen molar-refractivity contribution in [3.63, 3.8) is 0 Å². The number of carbonyl (C=O) groups excluding carboxylic acids is 2. The van der Waals surface area contributed by atoms with E-state index in [1.807, 2.05) is 64.4 Å². The second kappa shape index (κ2) is 21.0. The van der Waals surface area contributed by atoms with Gasteiger partial charge in [-0.2, -0.15) is 0 Å². The molecule has 9 rings (SSSR count). The molecular formula is C48H66BBr3N8O10. The van der Waals surface area contributed by atoms with E-state index in [4.69, 9.17) is 28.3 Å². The molecule has 0 aliphatic carbocycles. The molecule has 0 aromatic carbocycles. The van der Waals surface area contributed by atoms with E-state index < -0.39 is 11.2 Å². The van der Waals surface area contributed by atoms with Gasteiger partial charge in [0, 0.05) is 61.8 Å². The topological polar surface area (TPSA) is 196 Å². The summed E-state index contributed by atoms with van der Waals surface area (Å²) < 4.78 is 38.7. The molecule has 2 N–H and O–H groups in total. The summed E-state index contributed by atoms with van der Waals surface area (Å²) in [6, 6.07) is 0. The second-order valence-corrected chi connectivity index (χ2v) is 23.8. The summed E-state index contributed by atoms with van der Waals surface area (Å²) in [5.41, 5.74) is 2.83. The number of carbonyl (C=O) groups is 2. The average molecular weight is 1170 g/mol. The molecule has 70 heavy (non-hydrogen) atoms. The first-order valence-corrected chi connectivity index (χ1v) is 26.1. The summed E-state index contributed by atoms with van der Waals surface area (Å²) in [6.45, 7) is 28.4. The molecular weight excluding hydrogens is 1100 g/mol. The molecule has 4 atom stereocenters. The molecule has 22 heteroatoms. The lowest BCUT2D eigenvalue weighted by Gasteiger charge is -2.32. The number of aromatic amines is 2. The predicted octanol–water partition coefficient (Wildman–Crippen LogP) is 9.04. The largest absolute Gasteiger partial charge is 0.490 e. The van der Waals surface area contributed by atoms with Gasteiger partial charge in [0.05, 0.1) is 37.6 Å². The number of nitrogens with zero attached hydrogens (tertiary/aromatic N) is 6. The Labute approximate surface area is 434 Å². The van der Waals surface area contributed by atoms with Crippen LogP contribution in [0.3, 0.4) is 0 Å². The lowest BCUT2D eigenvalue weighted by Crippen LogP contribution is -2.41. The summed E-state index contributed by atoms with van der Waals surface area (Å²) in [4.78, 5) is 68.3. The molecule has 3 fully saturated rings. The number of imidazole rings is 2. The van der Waals surface area contributed by atoms with Gasteiger partial charge in [0.2, 0.25) is 0 Å². The summed E-state index contributed by atoms with van der Waals surface area (Å²) >= 11 is 10.1. The van der Waals surface area contributed by atoms with Crippen LogP contribution in [0.1, 0.15) is 125 Å². The Morgan fingerprint density at radius 3 is 1.61 bits per heavy atom. The van der Waals surface area contributed by atoms with Gasteiger partial charge in [-0.15, -0.1) is 0 Å². The minimum atomic E-state index is -0.541. The maximum absolute atomic E-state index is 12.9. The number of fused-ring (bicyclic) bond motifs is 2. The highest BCUT2D eigenvalue weighted by Gasteiger charge is 2.52.